The molecule has 0 aliphatic heterocycles. The third-order valence-corrected chi connectivity index (χ3v) is 4.60. The van der Waals surface area contributed by atoms with Gasteiger partial charge in [0.05, 0.1) is 23.2 Å². The molecule has 3 rings (SSSR count). The first-order valence-corrected chi connectivity index (χ1v) is 10.0. The van der Waals surface area contributed by atoms with Gasteiger partial charge in [-0.25, -0.2) is 14.4 Å². The van der Waals surface area contributed by atoms with Crippen LogP contribution >= 0.6 is 27.7 Å². The van der Waals surface area contributed by atoms with Gasteiger partial charge in [0, 0.05) is 16.3 Å². The predicted octanol–water partition coefficient (Wildman–Crippen LogP) is 4.72. The summed E-state index contributed by atoms with van der Waals surface area (Å²) in [7, 11) is 0. The summed E-state index contributed by atoms with van der Waals surface area (Å²) < 4.78 is 25.8. The highest BCUT2D eigenvalue weighted by Crippen LogP contribution is 2.26. The molecule has 0 aliphatic rings. The number of hydrogen-bond donors (Lipinski definition) is 1. The van der Waals surface area contributed by atoms with Crippen molar-refractivity contribution in [3.63, 3.8) is 0 Å². The monoisotopic (exact) mass is 437 g/mol. The Labute approximate surface area is 163 Å². The number of hydrogen-bond acceptors (Lipinski definition) is 6. The number of halogens is 2. The van der Waals surface area contributed by atoms with Crippen LogP contribution in [0.2, 0.25) is 0 Å². The van der Waals surface area contributed by atoms with Gasteiger partial charge in [-0.2, -0.15) is 11.8 Å². The van der Waals surface area contributed by atoms with E-state index in [2.05, 4.69) is 31.2 Å². The third-order valence-electron chi connectivity index (χ3n) is 3.53. The quantitative estimate of drug-likeness (QED) is 0.406. The molecule has 0 bridgehead atoms. The zero-order valence-electron chi connectivity index (χ0n) is 14.0. The number of fused-ring (bicyclic) bond motifs is 1. The van der Waals surface area contributed by atoms with Gasteiger partial charge in [-0.3, -0.25) is 0 Å². The number of ether oxygens (including phenoxy) is 2. The summed E-state index contributed by atoms with van der Waals surface area (Å²) in [5, 5.41) is 3.66. The second-order valence-electron chi connectivity index (χ2n) is 5.29. The maximum absolute atomic E-state index is 13.8. The van der Waals surface area contributed by atoms with Crippen LogP contribution in [0, 0.1) is 5.82 Å². The zero-order chi connectivity index (χ0) is 18.4. The minimum Gasteiger partial charge on any atom is -0.493 e. The summed E-state index contributed by atoms with van der Waals surface area (Å²) in [5.74, 6) is 1.75. The van der Waals surface area contributed by atoms with E-state index >= 15 is 0 Å². The van der Waals surface area contributed by atoms with Crippen LogP contribution in [-0.2, 0) is 0 Å². The number of rotatable bonds is 8. The summed E-state index contributed by atoms with van der Waals surface area (Å²) in [6.45, 7) is 0.723. The van der Waals surface area contributed by atoms with Gasteiger partial charge in [0.1, 0.15) is 17.9 Å². The van der Waals surface area contributed by atoms with Gasteiger partial charge in [0.25, 0.3) is 0 Å². The zero-order valence-corrected chi connectivity index (χ0v) is 16.4. The fraction of sp³-hybridized carbons (Fsp3) is 0.222. The van der Waals surface area contributed by atoms with Crippen molar-refractivity contribution in [1.82, 2.24) is 9.97 Å². The molecule has 0 saturated carbocycles. The Morgan fingerprint density at radius 3 is 2.85 bits per heavy atom. The topological polar surface area (TPSA) is 56.3 Å². The van der Waals surface area contributed by atoms with Crippen LogP contribution in [-0.4, -0.2) is 35.3 Å². The van der Waals surface area contributed by atoms with E-state index in [0.717, 1.165) is 22.4 Å². The van der Waals surface area contributed by atoms with Crippen molar-refractivity contribution in [2.75, 3.05) is 30.7 Å². The Balaban J connectivity index is 1.67. The number of anilines is 1. The molecule has 0 radical (unpaired) electrons. The lowest BCUT2D eigenvalue weighted by Gasteiger charge is -2.11. The van der Waals surface area contributed by atoms with Gasteiger partial charge in [0.2, 0.25) is 5.88 Å². The molecule has 0 fully saturated rings. The van der Waals surface area contributed by atoms with Gasteiger partial charge in [-0.15, -0.1) is 0 Å². The second kappa shape index (κ2) is 9.05. The van der Waals surface area contributed by atoms with E-state index < -0.39 is 0 Å². The van der Waals surface area contributed by atoms with Gasteiger partial charge >= 0.3 is 0 Å². The van der Waals surface area contributed by atoms with Crippen molar-refractivity contribution >= 4 is 44.3 Å². The second-order valence-corrected chi connectivity index (χ2v) is 7.19. The molecule has 0 saturated heterocycles. The molecule has 8 heteroatoms. The normalized spacial score (nSPS) is 10.7. The van der Waals surface area contributed by atoms with E-state index in [1.807, 2.05) is 24.5 Å². The summed E-state index contributed by atoms with van der Waals surface area (Å²) >= 11 is 4.96. The molecule has 1 aromatic heterocycles. The fourth-order valence-corrected chi connectivity index (χ4v) is 2.86. The minimum absolute atomic E-state index is 0.0800. The SMILES string of the molecule is CSCCOc1ccc2c(OCNc3ccc(Br)cc3F)ncnc2c1. The van der Waals surface area contributed by atoms with E-state index in [1.54, 1.807) is 23.9 Å². The third kappa shape index (κ3) is 4.76. The predicted molar refractivity (Wildman–Crippen MR) is 107 cm³/mol. The minimum atomic E-state index is -0.359. The number of thioether (sulfide) groups is 1. The molecule has 3 aromatic rings. The maximum atomic E-state index is 13.8. The molecular formula is C18H17BrFN3O2S. The van der Waals surface area contributed by atoms with Crippen LogP contribution in [0.3, 0.4) is 0 Å². The van der Waals surface area contributed by atoms with Crippen LogP contribution < -0.4 is 14.8 Å². The lowest BCUT2D eigenvalue weighted by atomic mass is 10.2. The molecule has 0 aliphatic carbocycles. The first kappa shape index (κ1) is 18.7. The number of nitrogens with zero attached hydrogens (tertiary/aromatic N) is 2. The molecule has 0 unspecified atom stereocenters. The first-order valence-electron chi connectivity index (χ1n) is 7.85. The average molecular weight is 438 g/mol. The van der Waals surface area contributed by atoms with Gasteiger partial charge in [-0.1, -0.05) is 15.9 Å². The van der Waals surface area contributed by atoms with E-state index in [-0.39, 0.29) is 12.5 Å². The van der Waals surface area contributed by atoms with Crippen molar-refractivity contribution in [3.8, 4) is 11.6 Å². The molecular weight excluding hydrogens is 421 g/mol. The average Bonchev–Trinajstić information content (AvgIpc) is 2.64. The summed E-state index contributed by atoms with van der Waals surface area (Å²) in [6.07, 6.45) is 3.47. The van der Waals surface area contributed by atoms with Crippen LogP contribution in [0.15, 0.2) is 47.2 Å². The highest BCUT2D eigenvalue weighted by molar-refractivity contribution is 9.10. The highest BCUT2D eigenvalue weighted by atomic mass is 79.9. The molecule has 1 N–H and O–H groups in total. The largest absolute Gasteiger partial charge is 0.493 e. The van der Waals surface area contributed by atoms with Crippen LogP contribution in [0.25, 0.3) is 10.9 Å². The lowest BCUT2D eigenvalue weighted by molar-refractivity contribution is 0.336. The van der Waals surface area contributed by atoms with Crippen molar-refractivity contribution < 1.29 is 13.9 Å². The van der Waals surface area contributed by atoms with Crippen LogP contribution in [0.1, 0.15) is 0 Å². The Kier molecular flexibility index (Phi) is 6.51. The Morgan fingerprint density at radius 1 is 1.15 bits per heavy atom. The molecule has 0 amide bonds. The molecule has 1 heterocycles. The molecule has 136 valence electrons. The van der Waals surface area contributed by atoms with E-state index in [9.17, 15) is 4.39 Å². The summed E-state index contributed by atoms with van der Waals surface area (Å²) in [4.78, 5) is 8.42. The molecule has 0 atom stereocenters. The number of nitrogens with one attached hydrogen (secondary N) is 1. The van der Waals surface area contributed by atoms with Crippen LogP contribution in [0.4, 0.5) is 10.1 Å². The van der Waals surface area contributed by atoms with Gasteiger partial charge < -0.3 is 14.8 Å². The molecule has 26 heavy (non-hydrogen) atoms. The smallest absolute Gasteiger partial charge is 0.226 e. The highest BCUT2D eigenvalue weighted by Gasteiger charge is 2.07. The van der Waals surface area contributed by atoms with E-state index in [4.69, 9.17) is 9.47 Å². The van der Waals surface area contributed by atoms with Crippen molar-refractivity contribution in [1.29, 1.82) is 0 Å². The standard InChI is InChI=1S/C18H17BrFN3O2S/c1-26-7-6-24-13-3-4-14-17(9-13)21-10-22-18(14)25-11-23-16-5-2-12(19)8-15(16)20/h2-5,8-10,23H,6-7,11H2,1H3. The Hall–Kier alpha value is -2.06. The number of aromatic nitrogens is 2. The Bertz CT molecular complexity index is 897. The van der Waals surface area contributed by atoms with Gasteiger partial charge in [-0.05, 0) is 36.6 Å². The van der Waals surface area contributed by atoms with Crippen LogP contribution in [0.5, 0.6) is 11.6 Å². The first-order chi connectivity index (χ1) is 12.7. The van der Waals surface area contributed by atoms with Gasteiger partial charge in [0.15, 0.2) is 6.73 Å². The molecule has 2 aromatic carbocycles. The molecule has 0 spiro atoms. The van der Waals surface area contributed by atoms with Crippen molar-refractivity contribution in [3.05, 3.63) is 53.0 Å². The molecule has 5 nitrogen and oxygen atoms in total. The lowest BCUT2D eigenvalue weighted by Crippen LogP contribution is -2.11. The van der Waals surface area contributed by atoms with Crippen molar-refractivity contribution in [2.45, 2.75) is 0 Å². The van der Waals surface area contributed by atoms with Crippen molar-refractivity contribution in [2.24, 2.45) is 0 Å². The Morgan fingerprint density at radius 2 is 2.04 bits per heavy atom. The van der Waals surface area contributed by atoms with E-state index in [1.165, 1.54) is 12.4 Å². The maximum Gasteiger partial charge on any atom is 0.226 e. The summed E-state index contributed by atoms with van der Waals surface area (Å²) in [5.41, 5.74) is 1.09. The van der Waals surface area contributed by atoms with E-state index in [0.29, 0.717) is 22.6 Å². The summed E-state index contributed by atoms with van der Waals surface area (Å²) in [6, 6.07) is 10.4. The number of benzene rings is 2. The fourth-order valence-electron chi connectivity index (χ4n) is 2.27.